The number of nitrogens with one attached hydrogen (secondary N) is 1. The maximum Gasteiger partial charge on any atom is 0.277 e. The Morgan fingerprint density at radius 2 is 1.94 bits per heavy atom. The van der Waals surface area contributed by atoms with Crippen LogP contribution in [0.5, 0.6) is 0 Å². The Hall–Kier alpha value is -0.710. The molecule has 0 aromatic rings. The second-order valence-electron chi connectivity index (χ2n) is 4.73. The Balaban J connectivity index is 2.30. The second kappa shape index (κ2) is 5.57. The van der Waals surface area contributed by atoms with E-state index in [1.807, 2.05) is 0 Å². The minimum Gasteiger partial charge on any atom is -0.350 e. The number of halogens is 2. The van der Waals surface area contributed by atoms with Gasteiger partial charge in [0, 0.05) is 5.92 Å². The fourth-order valence-electron chi connectivity index (χ4n) is 1.96. The Bertz CT molecular complexity index is 238. The standard InChI is InChI=1S/C11H20F2N2O/c1-8-2-4-9(5-3-8)10(16)15-7-11(12,13)6-14/h8-9H,2-7,14H2,1H3,(H,15,16). The minimum atomic E-state index is -2.99. The molecule has 94 valence electrons. The Morgan fingerprint density at radius 1 is 1.38 bits per heavy atom. The van der Waals surface area contributed by atoms with Gasteiger partial charge in [-0.2, -0.15) is 0 Å². The largest absolute Gasteiger partial charge is 0.350 e. The van der Waals surface area contributed by atoms with Gasteiger partial charge in [0.1, 0.15) is 0 Å². The highest BCUT2D eigenvalue weighted by atomic mass is 19.3. The van der Waals surface area contributed by atoms with Gasteiger partial charge in [0.05, 0.1) is 13.1 Å². The topological polar surface area (TPSA) is 55.1 Å². The third-order valence-corrected chi connectivity index (χ3v) is 3.21. The summed E-state index contributed by atoms with van der Waals surface area (Å²) in [5.74, 6) is -2.68. The van der Waals surface area contributed by atoms with Gasteiger partial charge in [-0.25, -0.2) is 8.78 Å². The van der Waals surface area contributed by atoms with E-state index in [1.165, 1.54) is 0 Å². The van der Waals surface area contributed by atoms with Gasteiger partial charge in [0.25, 0.3) is 5.92 Å². The molecule has 16 heavy (non-hydrogen) atoms. The number of amides is 1. The summed E-state index contributed by atoms with van der Waals surface area (Å²) in [7, 11) is 0. The summed E-state index contributed by atoms with van der Waals surface area (Å²) >= 11 is 0. The van der Waals surface area contributed by atoms with Crippen molar-refractivity contribution in [1.29, 1.82) is 0 Å². The first-order chi connectivity index (χ1) is 7.44. The van der Waals surface area contributed by atoms with Gasteiger partial charge in [-0.05, 0) is 31.6 Å². The molecule has 0 spiro atoms. The summed E-state index contributed by atoms with van der Waals surface area (Å²) in [5, 5.41) is 2.29. The molecule has 0 saturated heterocycles. The zero-order valence-electron chi connectivity index (χ0n) is 9.64. The summed E-state index contributed by atoms with van der Waals surface area (Å²) in [6, 6.07) is 0. The Kier molecular flexibility index (Phi) is 4.65. The molecule has 1 amide bonds. The maximum absolute atomic E-state index is 12.8. The highest BCUT2D eigenvalue weighted by Crippen LogP contribution is 2.28. The van der Waals surface area contributed by atoms with E-state index in [0.29, 0.717) is 5.92 Å². The van der Waals surface area contributed by atoms with Crippen molar-refractivity contribution in [3.05, 3.63) is 0 Å². The van der Waals surface area contributed by atoms with Crippen LogP contribution in [0.15, 0.2) is 0 Å². The number of hydrogen-bond acceptors (Lipinski definition) is 2. The lowest BCUT2D eigenvalue weighted by atomic mass is 9.82. The molecule has 0 unspecified atom stereocenters. The molecule has 0 aliphatic heterocycles. The van der Waals surface area contributed by atoms with Crippen LogP contribution in [0.2, 0.25) is 0 Å². The lowest BCUT2D eigenvalue weighted by Crippen LogP contribution is -2.44. The number of hydrogen-bond donors (Lipinski definition) is 2. The molecule has 1 saturated carbocycles. The van der Waals surface area contributed by atoms with Crippen LogP contribution in [0.4, 0.5) is 8.78 Å². The molecule has 1 aliphatic carbocycles. The third-order valence-electron chi connectivity index (χ3n) is 3.21. The van der Waals surface area contributed by atoms with Gasteiger partial charge < -0.3 is 11.1 Å². The van der Waals surface area contributed by atoms with Crippen molar-refractivity contribution in [1.82, 2.24) is 5.32 Å². The first-order valence-corrected chi connectivity index (χ1v) is 5.80. The number of carbonyl (C=O) groups is 1. The molecule has 0 aromatic carbocycles. The van der Waals surface area contributed by atoms with Crippen LogP contribution >= 0.6 is 0 Å². The molecule has 1 fully saturated rings. The highest BCUT2D eigenvalue weighted by molar-refractivity contribution is 5.78. The average Bonchev–Trinajstić information content (AvgIpc) is 2.27. The monoisotopic (exact) mass is 234 g/mol. The highest BCUT2D eigenvalue weighted by Gasteiger charge is 2.30. The van der Waals surface area contributed by atoms with E-state index in [9.17, 15) is 13.6 Å². The lowest BCUT2D eigenvalue weighted by molar-refractivity contribution is -0.128. The molecule has 3 nitrogen and oxygen atoms in total. The molecule has 3 N–H and O–H groups in total. The van der Waals surface area contributed by atoms with Crippen molar-refractivity contribution in [3.63, 3.8) is 0 Å². The number of carbonyl (C=O) groups excluding carboxylic acids is 1. The predicted molar refractivity (Wildman–Crippen MR) is 58.1 cm³/mol. The van der Waals surface area contributed by atoms with Crippen LogP contribution in [0.1, 0.15) is 32.6 Å². The average molecular weight is 234 g/mol. The number of nitrogens with two attached hydrogens (primary N) is 1. The van der Waals surface area contributed by atoms with Crippen molar-refractivity contribution >= 4 is 5.91 Å². The summed E-state index contributed by atoms with van der Waals surface area (Å²) in [6.07, 6.45) is 3.62. The molecular formula is C11H20F2N2O. The van der Waals surface area contributed by atoms with Crippen LogP contribution in [0, 0.1) is 11.8 Å². The van der Waals surface area contributed by atoms with E-state index in [2.05, 4.69) is 12.2 Å². The van der Waals surface area contributed by atoms with Crippen LogP contribution in [-0.2, 0) is 4.79 Å². The lowest BCUT2D eigenvalue weighted by Gasteiger charge is -2.26. The molecule has 1 aliphatic rings. The summed E-state index contributed by atoms with van der Waals surface area (Å²) in [4.78, 5) is 11.6. The van der Waals surface area contributed by atoms with Gasteiger partial charge >= 0.3 is 0 Å². The Labute approximate surface area is 94.8 Å². The van der Waals surface area contributed by atoms with Crippen LogP contribution < -0.4 is 11.1 Å². The van der Waals surface area contributed by atoms with Gasteiger partial charge in [0.2, 0.25) is 5.91 Å². The fraction of sp³-hybridized carbons (Fsp3) is 0.909. The molecule has 5 heteroatoms. The molecule has 0 heterocycles. The molecular weight excluding hydrogens is 214 g/mol. The Morgan fingerprint density at radius 3 is 2.44 bits per heavy atom. The predicted octanol–water partition coefficient (Wildman–Crippen LogP) is 1.52. The van der Waals surface area contributed by atoms with Crippen molar-refractivity contribution < 1.29 is 13.6 Å². The molecule has 0 atom stereocenters. The molecule has 1 rings (SSSR count). The quantitative estimate of drug-likeness (QED) is 0.775. The first-order valence-electron chi connectivity index (χ1n) is 5.80. The van der Waals surface area contributed by atoms with Crippen molar-refractivity contribution in [2.45, 2.75) is 38.5 Å². The van der Waals surface area contributed by atoms with Crippen LogP contribution in [0.3, 0.4) is 0 Å². The van der Waals surface area contributed by atoms with Crippen molar-refractivity contribution in [3.8, 4) is 0 Å². The zero-order valence-corrected chi connectivity index (χ0v) is 9.64. The zero-order chi connectivity index (χ0) is 12.2. The minimum absolute atomic E-state index is 0.0928. The second-order valence-corrected chi connectivity index (χ2v) is 4.73. The molecule has 0 aromatic heterocycles. The normalized spacial score (nSPS) is 26.5. The van der Waals surface area contributed by atoms with Gasteiger partial charge in [-0.3, -0.25) is 4.79 Å². The SMILES string of the molecule is CC1CCC(C(=O)NCC(F)(F)CN)CC1. The summed E-state index contributed by atoms with van der Waals surface area (Å²) in [6.45, 7) is 0.778. The van der Waals surface area contributed by atoms with Crippen LogP contribution in [0.25, 0.3) is 0 Å². The van der Waals surface area contributed by atoms with E-state index < -0.39 is 19.0 Å². The van der Waals surface area contributed by atoms with Gasteiger partial charge in [-0.15, -0.1) is 0 Å². The summed E-state index contributed by atoms with van der Waals surface area (Å²) < 4.78 is 25.6. The van der Waals surface area contributed by atoms with E-state index in [0.717, 1.165) is 25.7 Å². The fourth-order valence-corrected chi connectivity index (χ4v) is 1.96. The maximum atomic E-state index is 12.8. The molecule has 0 radical (unpaired) electrons. The number of alkyl halides is 2. The van der Waals surface area contributed by atoms with E-state index in [1.54, 1.807) is 0 Å². The van der Waals surface area contributed by atoms with E-state index >= 15 is 0 Å². The van der Waals surface area contributed by atoms with Gasteiger partial charge in [0.15, 0.2) is 0 Å². The third kappa shape index (κ3) is 4.04. The smallest absolute Gasteiger partial charge is 0.277 e. The van der Waals surface area contributed by atoms with Gasteiger partial charge in [-0.1, -0.05) is 6.92 Å². The van der Waals surface area contributed by atoms with Crippen LogP contribution in [-0.4, -0.2) is 24.9 Å². The van der Waals surface area contributed by atoms with Crippen molar-refractivity contribution in [2.24, 2.45) is 17.6 Å². The number of rotatable bonds is 4. The van der Waals surface area contributed by atoms with Crippen molar-refractivity contribution in [2.75, 3.05) is 13.1 Å². The molecule has 0 bridgehead atoms. The summed E-state index contributed by atoms with van der Waals surface area (Å²) in [5.41, 5.74) is 4.89. The van der Waals surface area contributed by atoms with E-state index in [-0.39, 0.29) is 11.8 Å². The van der Waals surface area contributed by atoms with E-state index in [4.69, 9.17) is 5.73 Å². The first kappa shape index (κ1) is 13.4.